The Labute approximate surface area is 129 Å². The lowest BCUT2D eigenvalue weighted by Gasteiger charge is -2.18. The molecule has 100 valence electrons. The summed E-state index contributed by atoms with van der Waals surface area (Å²) < 4.78 is 13.8. The van der Waals surface area contributed by atoms with Crippen LogP contribution in [0.3, 0.4) is 0 Å². The van der Waals surface area contributed by atoms with Crippen molar-refractivity contribution in [2.45, 2.75) is 13.0 Å². The molecule has 1 N–H and O–H groups in total. The standard InChI is InChI=1S/C14H11BrCl2FN/c1-8(11-4-3-10(18)7-12(11)15)19-14-5-2-9(16)6-13(14)17/h2-8,19H,1H3. The Morgan fingerprint density at radius 1 is 1.16 bits per heavy atom. The third kappa shape index (κ3) is 3.62. The molecular formula is C14H11BrCl2FN. The van der Waals surface area contributed by atoms with Crippen molar-refractivity contribution in [2.24, 2.45) is 0 Å². The van der Waals surface area contributed by atoms with Gasteiger partial charge >= 0.3 is 0 Å². The normalized spacial score (nSPS) is 12.3. The van der Waals surface area contributed by atoms with Gasteiger partial charge in [-0.15, -0.1) is 0 Å². The first-order valence-corrected chi connectivity index (χ1v) is 7.19. The molecule has 5 heteroatoms. The van der Waals surface area contributed by atoms with Crippen molar-refractivity contribution in [1.82, 2.24) is 0 Å². The fourth-order valence-corrected chi connectivity index (χ4v) is 2.93. The van der Waals surface area contributed by atoms with E-state index in [1.54, 1.807) is 18.2 Å². The SMILES string of the molecule is CC(Nc1ccc(Cl)cc1Cl)c1ccc(F)cc1Br. The van der Waals surface area contributed by atoms with Gasteiger partial charge in [0.05, 0.1) is 10.7 Å². The Morgan fingerprint density at radius 3 is 2.53 bits per heavy atom. The predicted molar refractivity (Wildman–Crippen MR) is 82.6 cm³/mol. The van der Waals surface area contributed by atoms with Gasteiger partial charge in [-0.1, -0.05) is 45.2 Å². The summed E-state index contributed by atoms with van der Waals surface area (Å²) in [6.45, 7) is 1.98. The highest BCUT2D eigenvalue weighted by molar-refractivity contribution is 9.10. The monoisotopic (exact) mass is 361 g/mol. The maximum Gasteiger partial charge on any atom is 0.124 e. The molecule has 1 nitrogen and oxygen atoms in total. The van der Waals surface area contributed by atoms with Gasteiger partial charge in [-0.05, 0) is 42.8 Å². The van der Waals surface area contributed by atoms with Crippen LogP contribution in [0.15, 0.2) is 40.9 Å². The summed E-state index contributed by atoms with van der Waals surface area (Å²) in [5, 5.41) is 4.41. The molecule has 1 atom stereocenters. The molecule has 0 saturated carbocycles. The van der Waals surface area contributed by atoms with Gasteiger partial charge in [0.15, 0.2) is 0 Å². The van der Waals surface area contributed by atoms with E-state index in [1.165, 1.54) is 12.1 Å². The maximum atomic E-state index is 13.1. The van der Waals surface area contributed by atoms with E-state index in [9.17, 15) is 4.39 Å². The van der Waals surface area contributed by atoms with Crippen molar-refractivity contribution in [3.05, 3.63) is 62.3 Å². The molecular weight excluding hydrogens is 352 g/mol. The fraction of sp³-hybridized carbons (Fsp3) is 0.143. The lowest BCUT2D eigenvalue weighted by molar-refractivity contribution is 0.625. The smallest absolute Gasteiger partial charge is 0.124 e. The van der Waals surface area contributed by atoms with Gasteiger partial charge in [0.2, 0.25) is 0 Å². The highest BCUT2D eigenvalue weighted by Gasteiger charge is 2.11. The number of nitrogens with one attached hydrogen (secondary N) is 1. The van der Waals surface area contributed by atoms with Crippen LogP contribution in [0.5, 0.6) is 0 Å². The molecule has 0 aromatic heterocycles. The second-order valence-corrected chi connectivity index (χ2v) is 5.85. The minimum Gasteiger partial charge on any atom is -0.377 e. The third-order valence-corrected chi connectivity index (χ3v) is 3.97. The van der Waals surface area contributed by atoms with Crippen LogP contribution in [0.25, 0.3) is 0 Å². The van der Waals surface area contributed by atoms with E-state index in [-0.39, 0.29) is 11.9 Å². The minimum atomic E-state index is -0.271. The predicted octanol–water partition coefficient (Wildman–Crippen LogP) is 6.07. The van der Waals surface area contributed by atoms with Gasteiger partial charge < -0.3 is 5.32 Å². The Hall–Kier alpha value is -0.770. The molecule has 0 aliphatic rings. The summed E-state index contributed by atoms with van der Waals surface area (Å²) in [5.41, 5.74) is 1.74. The summed E-state index contributed by atoms with van der Waals surface area (Å²) in [6.07, 6.45) is 0. The van der Waals surface area contributed by atoms with Crippen LogP contribution >= 0.6 is 39.1 Å². The van der Waals surface area contributed by atoms with E-state index < -0.39 is 0 Å². The molecule has 0 aliphatic carbocycles. The minimum absolute atomic E-state index is 0.0198. The van der Waals surface area contributed by atoms with Gasteiger partial charge in [0.25, 0.3) is 0 Å². The van der Waals surface area contributed by atoms with E-state index in [4.69, 9.17) is 23.2 Å². The van der Waals surface area contributed by atoms with Crippen LogP contribution in [-0.4, -0.2) is 0 Å². The first-order chi connectivity index (χ1) is 8.97. The first kappa shape index (κ1) is 14.6. The number of hydrogen-bond donors (Lipinski definition) is 1. The molecule has 0 amide bonds. The molecule has 2 aromatic carbocycles. The van der Waals surface area contributed by atoms with E-state index in [0.29, 0.717) is 10.0 Å². The molecule has 0 fully saturated rings. The number of halogens is 4. The molecule has 2 rings (SSSR count). The van der Waals surface area contributed by atoms with Crippen molar-refractivity contribution >= 4 is 44.8 Å². The quantitative estimate of drug-likeness (QED) is 0.698. The Kier molecular flexibility index (Phi) is 4.71. The summed E-state index contributed by atoms with van der Waals surface area (Å²) in [7, 11) is 0. The average molecular weight is 363 g/mol. The molecule has 1 unspecified atom stereocenters. The average Bonchev–Trinajstić information content (AvgIpc) is 2.32. The van der Waals surface area contributed by atoms with E-state index in [1.807, 2.05) is 13.0 Å². The van der Waals surface area contributed by atoms with Crippen molar-refractivity contribution in [3.8, 4) is 0 Å². The number of rotatable bonds is 3. The lowest BCUT2D eigenvalue weighted by Crippen LogP contribution is -2.07. The van der Waals surface area contributed by atoms with Crippen LogP contribution in [0, 0.1) is 5.82 Å². The summed E-state index contributed by atoms with van der Waals surface area (Å²) >= 11 is 15.3. The van der Waals surface area contributed by atoms with E-state index in [0.717, 1.165) is 15.7 Å². The molecule has 19 heavy (non-hydrogen) atoms. The highest BCUT2D eigenvalue weighted by Crippen LogP contribution is 2.31. The van der Waals surface area contributed by atoms with Crippen LogP contribution in [0.2, 0.25) is 10.0 Å². The van der Waals surface area contributed by atoms with Crippen LogP contribution in [-0.2, 0) is 0 Å². The largest absolute Gasteiger partial charge is 0.377 e. The van der Waals surface area contributed by atoms with Crippen molar-refractivity contribution in [1.29, 1.82) is 0 Å². The van der Waals surface area contributed by atoms with Gasteiger partial charge in [0, 0.05) is 15.5 Å². The van der Waals surface area contributed by atoms with E-state index >= 15 is 0 Å². The molecule has 0 spiro atoms. The Balaban J connectivity index is 2.23. The number of benzene rings is 2. The van der Waals surface area contributed by atoms with Gasteiger partial charge in [-0.3, -0.25) is 0 Å². The second-order valence-electron chi connectivity index (χ2n) is 4.16. The Bertz CT molecular complexity index is 604. The lowest BCUT2D eigenvalue weighted by atomic mass is 10.1. The summed E-state index contributed by atoms with van der Waals surface area (Å²) in [6, 6.07) is 9.85. The highest BCUT2D eigenvalue weighted by atomic mass is 79.9. The molecule has 2 aromatic rings. The van der Waals surface area contributed by atoms with Gasteiger partial charge in [0.1, 0.15) is 5.82 Å². The summed E-state index contributed by atoms with van der Waals surface area (Å²) in [4.78, 5) is 0. The van der Waals surface area contributed by atoms with Crippen molar-refractivity contribution in [3.63, 3.8) is 0 Å². The van der Waals surface area contributed by atoms with Crippen molar-refractivity contribution < 1.29 is 4.39 Å². The van der Waals surface area contributed by atoms with Crippen LogP contribution < -0.4 is 5.32 Å². The van der Waals surface area contributed by atoms with Gasteiger partial charge in [-0.25, -0.2) is 4.39 Å². The molecule has 0 radical (unpaired) electrons. The fourth-order valence-electron chi connectivity index (χ4n) is 1.77. The molecule has 0 saturated heterocycles. The van der Waals surface area contributed by atoms with Crippen molar-refractivity contribution in [2.75, 3.05) is 5.32 Å². The first-order valence-electron chi connectivity index (χ1n) is 5.64. The number of hydrogen-bond acceptors (Lipinski definition) is 1. The zero-order valence-corrected chi connectivity index (χ0v) is 13.2. The topological polar surface area (TPSA) is 12.0 Å². The Morgan fingerprint density at radius 2 is 1.89 bits per heavy atom. The zero-order chi connectivity index (χ0) is 14.0. The molecule has 0 bridgehead atoms. The second kappa shape index (κ2) is 6.12. The number of anilines is 1. The zero-order valence-electron chi connectivity index (χ0n) is 10.1. The third-order valence-electron chi connectivity index (χ3n) is 2.73. The van der Waals surface area contributed by atoms with Gasteiger partial charge in [-0.2, -0.15) is 0 Å². The molecule has 0 aliphatic heterocycles. The molecule has 0 heterocycles. The van der Waals surface area contributed by atoms with Crippen LogP contribution in [0.4, 0.5) is 10.1 Å². The van der Waals surface area contributed by atoms with Crippen LogP contribution in [0.1, 0.15) is 18.5 Å². The maximum absolute atomic E-state index is 13.1. The summed E-state index contributed by atoms with van der Waals surface area (Å²) in [5.74, 6) is -0.271. The van der Waals surface area contributed by atoms with E-state index in [2.05, 4.69) is 21.2 Å².